The van der Waals surface area contributed by atoms with E-state index in [4.69, 9.17) is 19.2 Å². The summed E-state index contributed by atoms with van der Waals surface area (Å²) in [5.74, 6) is -3.72. The maximum absolute atomic E-state index is 14.0. The number of thiazole rings is 1. The summed E-state index contributed by atoms with van der Waals surface area (Å²) in [4.78, 5) is 98.9. The number of aromatic nitrogens is 1. The van der Waals surface area contributed by atoms with Gasteiger partial charge in [0.2, 0.25) is 41.2 Å². The number of likely N-dealkylation sites (tertiary alicyclic amines) is 1. The van der Waals surface area contributed by atoms with Gasteiger partial charge in [0.05, 0.1) is 35.4 Å². The molecular weight excluding hydrogens is 859 g/mol. The third-order valence-corrected chi connectivity index (χ3v) is 14.8. The van der Waals surface area contributed by atoms with Crippen molar-refractivity contribution in [3.8, 4) is 10.4 Å². The molecule has 5 saturated heterocycles. The van der Waals surface area contributed by atoms with Gasteiger partial charge < -0.3 is 35.4 Å². The number of benzene rings is 1. The van der Waals surface area contributed by atoms with Gasteiger partial charge in [-0.2, -0.15) is 0 Å². The van der Waals surface area contributed by atoms with Crippen molar-refractivity contribution in [3.05, 3.63) is 41.0 Å². The van der Waals surface area contributed by atoms with Crippen molar-refractivity contribution >= 4 is 46.8 Å². The van der Waals surface area contributed by atoms with Gasteiger partial charge in [0.25, 0.3) is 0 Å². The molecule has 5 N–H and O–H groups in total. The number of β-amino-alcohol motifs (C(OH)–C–C–N with tert-alkyl or cyclic N) is 1. The summed E-state index contributed by atoms with van der Waals surface area (Å²) in [5.41, 5.74) is 5.75. The molecule has 6 aliphatic rings. The van der Waals surface area contributed by atoms with Crippen LogP contribution >= 0.6 is 11.3 Å². The van der Waals surface area contributed by atoms with Crippen LogP contribution in [0.4, 0.5) is 0 Å². The maximum atomic E-state index is 14.0. The highest BCUT2D eigenvalue weighted by molar-refractivity contribution is 7.13. The zero-order chi connectivity index (χ0) is 46.8. The predicted molar refractivity (Wildman–Crippen MR) is 236 cm³/mol. The average molecular weight is 924 g/mol. The summed E-state index contributed by atoms with van der Waals surface area (Å²) < 4.78 is 12.0. The van der Waals surface area contributed by atoms with Crippen LogP contribution in [0.15, 0.2) is 29.8 Å². The van der Waals surface area contributed by atoms with Gasteiger partial charge in [0.1, 0.15) is 12.1 Å². The summed E-state index contributed by atoms with van der Waals surface area (Å²) in [6.07, 6.45) is 1.07. The molecule has 2 bridgehead atoms. The molecule has 2 aromatic rings. The standard InChI is InChI=1S/C46H65N7O11S/c1-26-8-13-33-27(2)41(59)53(43-46(33)32(26)16-18-45(7,62-43)63-64-46)51-37(57)15-14-35(55)47-19-21-61-20-17-36(56)50-39(44(4,5)6)42(60)52-24-31(54)22-34(52)40(58)48-23-29-9-11-30(12-10-29)38-28(3)49-25-65-38/h9-12,25-27,31-34,39,43,54H,8,13-24H2,1-7H3,(H,47,55)(H,48,58)(H,50,56)(H,51,57). The number of amides is 6. The first-order valence-electron chi connectivity index (χ1n) is 22.9. The van der Waals surface area contributed by atoms with Crippen molar-refractivity contribution in [1.82, 2.24) is 36.3 Å². The Morgan fingerprint density at radius 3 is 2.42 bits per heavy atom. The normalized spacial score (nSPS) is 30.0. The van der Waals surface area contributed by atoms with Crippen LogP contribution in [-0.4, -0.2) is 118 Å². The Morgan fingerprint density at radius 2 is 1.71 bits per heavy atom. The monoisotopic (exact) mass is 923 g/mol. The van der Waals surface area contributed by atoms with Crippen molar-refractivity contribution in [3.63, 3.8) is 0 Å². The topological polar surface area (TPSA) is 227 Å². The van der Waals surface area contributed by atoms with Gasteiger partial charge in [0.15, 0.2) is 11.8 Å². The number of carbonyl (C=O) groups is 6. The molecule has 5 aliphatic heterocycles. The van der Waals surface area contributed by atoms with Crippen LogP contribution in [0.3, 0.4) is 0 Å². The summed E-state index contributed by atoms with van der Waals surface area (Å²) >= 11 is 1.56. The molecule has 1 aromatic heterocycles. The minimum absolute atomic E-state index is 0.00866. The number of nitrogens with one attached hydrogen (secondary N) is 4. The number of ether oxygens (including phenoxy) is 2. The third-order valence-electron chi connectivity index (χ3n) is 13.8. The van der Waals surface area contributed by atoms with E-state index in [2.05, 4.69) is 33.3 Å². The van der Waals surface area contributed by atoms with Crippen molar-refractivity contribution in [1.29, 1.82) is 0 Å². The highest BCUT2D eigenvalue weighted by Crippen LogP contribution is 2.60. The van der Waals surface area contributed by atoms with E-state index in [1.807, 2.05) is 58.9 Å². The largest absolute Gasteiger partial charge is 0.391 e. The fourth-order valence-corrected chi connectivity index (χ4v) is 11.0. The highest BCUT2D eigenvalue weighted by atomic mass is 32.1. The minimum atomic E-state index is -1.07. The lowest BCUT2D eigenvalue weighted by Crippen LogP contribution is -2.77. The third kappa shape index (κ3) is 10.4. The van der Waals surface area contributed by atoms with Gasteiger partial charge in [-0.1, -0.05) is 58.9 Å². The molecular formula is C46H65N7O11S. The van der Waals surface area contributed by atoms with Crippen LogP contribution in [-0.2, 0) is 54.6 Å². The molecule has 1 saturated carbocycles. The molecule has 1 aromatic carbocycles. The van der Waals surface area contributed by atoms with Crippen LogP contribution in [0.25, 0.3) is 10.4 Å². The molecule has 8 rings (SSSR count). The van der Waals surface area contributed by atoms with E-state index in [0.717, 1.165) is 41.0 Å². The Hall–Kier alpha value is -4.53. The Balaban J connectivity index is 0.820. The van der Waals surface area contributed by atoms with Crippen LogP contribution in [0, 0.1) is 36.0 Å². The summed E-state index contributed by atoms with van der Waals surface area (Å²) in [6.45, 7) is 13.6. The number of aliphatic hydroxyl groups is 1. The van der Waals surface area contributed by atoms with Gasteiger partial charge in [-0.25, -0.2) is 19.8 Å². The minimum Gasteiger partial charge on any atom is -0.391 e. The Bertz CT molecular complexity index is 2100. The summed E-state index contributed by atoms with van der Waals surface area (Å²) in [7, 11) is 0. The quantitative estimate of drug-likeness (QED) is 0.121. The lowest BCUT2D eigenvalue weighted by Gasteiger charge is -2.61. The predicted octanol–water partition coefficient (Wildman–Crippen LogP) is 3.26. The molecule has 6 amide bonds. The van der Waals surface area contributed by atoms with Gasteiger partial charge in [-0.3, -0.25) is 34.2 Å². The van der Waals surface area contributed by atoms with E-state index < -0.39 is 76.7 Å². The number of aliphatic hydroxyl groups excluding tert-OH is 1. The Morgan fingerprint density at radius 1 is 0.969 bits per heavy atom. The maximum Gasteiger partial charge on any atom is 0.246 e. The first kappa shape index (κ1) is 48.4. The number of hydrogen-bond acceptors (Lipinski definition) is 13. The zero-order valence-corrected chi connectivity index (χ0v) is 39.3. The second-order valence-electron chi connectivity index (χ2n) is 19.6. The number of fused-ring (bicyclic) bond motifs is 2. The smallest absolute Gasteiger partial charge is 0.246 e. The first-order valence-corrected chi connectivity index (χ1v) is 23.8. The van der Waals surface area contributed by atoms with Gasteiger partial charge >= 0.3 is 0 Å². The summed E-state index contributed by atoms with van der Waals surface area (Å²) in [5, 5.41) is 20.3. The lowest BCUT2D eigenvalue weighted by molar-refractivity contribution is -0.549. The molecule has 6 fully saturated rings. The van der Waals surface area contributed by atoms with E-state index >= 15 is 0 Å². The molecule has 19 heteroatoms. The fraction of sp³-hybridized carbons (Fsp3) is 0.674. The first-order chi connectivity index (χ1) is 30.8. The van der Waals surface area contributed by atoms with Gasteiger partial charge in [-0.05, 0) is 61.5 Å². The molecule has 356 valence electrons. The van der Waals surface area contributed by atoms with Crippen molar-refractivity contribution in [2.45, 2.75) is 142 Å². The van der Waals surface area contributed by atoms with Gasteiger partial charge in [-0.15, -0.1) is 11.3 Å². The lowest BCUT2D eigenvalue weighted by atomic mass is 9.57. The fourth-order valence-electron chi connectivity index (χ4n) is 10.2. The highest BCUT2D eigenvalue weighted by Gasteiger charge is 2.71. The van der Waals surface area contributed by atoms with Crippen LogP contribution in [0.2, 0.25) is 0 Å². The second-order valence-corrected chi connectivity index (χ2v) is 20.5. The van der Waals surface area contributed by atoms with Crippen molar-refractivity contribution in [2.75, 3.05) is 26.3 Å². The number of hydrazine groups is 1. The van der Waals surface area contributed by atoms with Crippen LogP contribution < -0.4 is 21.4 Å². The molecule has 10 unspecified atom stereocenters. The van der Waals surface area contributed by atoms with Crippen molar-refractivity contribution in [2.24, 2.45) is 29.1 Å². The SMILES string of the molecule is Cc1ncsc1-c1ccc(CNC(=O)C2CC(O)CN2C(=O)C(NC(=O)CCOCCNC(=O)CCC(=O)NN2C(=O)C(C)C3CCC(C)C4CCC5(C)OOC43C2O5)C(C)(C)C)cc1. The van der Waals surface area contributed by atoms with E-state index in [0.29, 0.717) is 12.3 Å². The molecule has 6 heterocycles. The molecule has 18 nitrogen and oxygen atoms in total. The second kappa shape index (κ2) is 19.7. The van der Waals surface area contributed by atoms with E-state index in [9.17, 15) is 33.9 Å². The number of carbonyl (C=O) groups excluding carboxylic acids is 6. The zero-order valence-electron chi connectivity index (χ0n) is 38.5. The van der Waals surface area contributed by atoms with Gasteiger partial charge in [0, 0.05) is 63.6 Å². The number of nitrogens with zero attached hydrogens (tertiary/aromatic N) is 3. The summed E-state index contributed by atoms with van der Waals surface area (Å²) in [6, 6.07) is 5.91. The van der Waals surface area contributed by atoms with E-state index in [1.165, 1.54) is 9.91 Å². The van der Waals surface area contributed by atoms with E-state index in [1.54, 1.807) is 23.8 Å². The average Bonchev–Trinajstić information content (AvgIpc) is 3.80. The van der Waals surface area contributed by atoms with Crippen molar-refractivity contribution < 1.29 is 53.1 Å². The van der Waals surface area contributed by atoms with Crippen LogP contribution in [0.5, 0.6) is 0 Å². The molecule has 1 aliphatic carbocycles. The number of aryl methyl sites for hydroxylation is 1. The number of piperidine rings is 1. The van der Waals surface area contributed by atoms with Crippen LogP contribution in [0.1, 0.15) is 104 Å². The molecule has 10 atom stereocenters. The molecule has 0 radical (unpaired) electrons. The molecule has 1 spiro atoms. The van der Waals surface area contributed by atoms with E-state index in [-0.39, 0.29) is 76.3 Å². The Kier molecular flexibility index (Phi) is 14.7. The number of rotatable bonds is 16. The Labute approximate surface area is 384 Å². The number of hydrogen-bond donors (Lipinski definition) is 5. The molecule has 65 heavy (non-hydrogen) atoms.